The summed E-state index contributed by atoms with van der Waals surface area (Å²) in [5, 5.41) is 3.37. The van der Waals surface area contributed by atoms with Gasteiger partial charge in [0.2, 0.25) is 0 Å². The van der Waals surface area contributed by atoms with Gasteiger partial charge in [-0.3, -0.25) is 0 Å². The molecule has 8 nitrogen and oxygen atoms in total. The first-order chi connectivity index (χ1) is 14.6. The highest BCUT2D eigenvalue weighted by Gasteiger charge is 2.33. The van der Waals surface area contributed by atoms with Gasteiger partial charge in [-0.05, 0) is 29.8 Å². The zero-order valence-electron chi connectivity index (χ0n) is 17.1. The highest BCUT2D eigenvalue weighted by Crippen LogP contribution is 2.32. The average molecular weight is 412 g/mol. The van der Waals surface area contributed by atoms with Gasteiger partial charge in [0, 0.05) is 6.54 Å². The summed E-state index contributed by atoms with van der Waals surface area (Å²) in [7, 11) is 4.15. The molecule has 0 atom stereocenters. The van der Waals surface area contributed by atoms with Gasteiger partial charge < -0.3 is 29.2 Å². The Kier molecular flexibility index (Phi) is 6.92. The van der Waals surface area contributed by atoms with Gasteiger partial charge >= 0.3 is 11.9 Å². The van der Waals surface area contributed by atoms with Crippen LogP contribution in [0.15, 0.2) is 59.8 Å². The highest BCUT2D eigenvalue weighted by atomic mass is 16.5. The van der Waals surface area contributed by atoms with Crippen molar-refractivity contribution in [2.75, 3.05) is 44.9 Å². The van der Waals surface area contributed by atoms with Gasteiger partial charge in [-0.2, -0.15) is 0 Å². The van der Waals surface area contributed by atoms with Gasteiger partial charge in [-0.1, -0.05) is 24.3 Å². The Hall–Kier alpha value is -3.52. The zero-order valence-corrected chi connectivity index (χ0v) is 17.1. The van der Waals surface area contributed by atoms with E-state index in [0.29, 0.717) is 12.2 Å². The summed E-state index contributed by atoms with van der Waals surface area (Å²) in [5.41, 5.74) is 2.71. The Bertz CT molecular complexity index is 939. The Morgan fingerprint density at radius 1 is 1.00 bits per heavy atom. The van der Waals surface area contributed by atoms with Crippen LogP contribution in [0.25, 0.3) is 0 Å². The van der Waals surface area contributed by atoms with Crippen molar-refractivity contribution in [1.29, 1.82) is 0 Å². The number of esters is 2. The molecule has 1 heterocycles. The van der Waals surface area contributed by atoms with Crippen molar-refractivity contribution in [2.24, 2.45) is 0 Å². The molecule has 0 aliphatic carbocycles. The van der Waals surface area contributed by atoms with E-state index in [0.717, 1.165) is 17.0 Å². The molecule has 30 heavy (non-hydrogen) atoms. The minimum atomic E-state index is -0.636. The molecule has 1 N–H and O–H groups in total. The molecule has 2 aromatic rings. The van der Waals surface area contributed by atoms with Crippen LogP contribution in [0.2, 0.25) is 0 Å². The van der Waals surface area contributed by atoms with E-state index < -0.39 is 11.9 Å². The number of hydrogen-bond acceptors (Lipinski definition) is 8. The molecule has 158 valence electrons. The smallest absolute Gasteiger partial charge is 0.355 e. The van der Waals surface area contributed by atoms with Crippen molar-refractivity contribution in [3.8, 4) is 5.75 Å². The van der Waals surface area contributed by atoms with Crippen LogP contribution in [-0.4, -0.2) is 46.6 Å². The number of carbonyl (C=O) groups is 2. The van der Waals surface area contributed by atoms with Crippen molar-refractivity contribution in [3.05, 3.63) is 65.4 Å². The van der Waals surface area contributed by atoms with E-state index in [2.05, 4.69) is 5.32 Å². The lowest BCUT2D eigenvalue weighted by Gasteiger charge is -2.32. The van der Waals surface area contributed by atoms with Crippen LogP contribution >= 0.6 is 0 Å². The van der Waals surface area contributed by atoms with E-state index in [4.69, 9.17) is 18.9 Å². The molecule has 2 aromatic carbocycles. The molecule has 3 rings (SSSR count). The van der Waals surface area contributed by atoms with Crippen LogP contribution in [0.4, 0.5) is 11.4 Å². The number of rotatable bonds is 7. The fraction of sp³-hybridized carbons (Fsp3) is 0.273. The Balaban J connectivity index is 1.92. The average Bonchev–Trinajstić information content (AvgIpc) is 2.81. The molecule has 0 fully saturated rings. The molecule has 0 saturated carbocycles. The van der Waals surface area contributed by atoms with Crippen molar-refractivity contribution in [3.63, 3.8) is 0 Å². The fourth-order valence-electron chi connectivity index (χ4n) is 3.13. The molecule has 0 unspecified atom stereocenters. The Morgan fingerprint density at radius 2 is 1.70 bits per heavy atom. The van der Waals surface area contributed by atoms with Crippen molar-refractivity contribution < 1.29 is 28.5 Å². The quantitative estimate of drug-likeness (QED) is 0.695. The summed E-state index contributed by atoms with van der Waals surface area (Å²) >= 11 is 0. The second-order valence-electron chi connectivity index (χ2n) is 6.43. The van der Waals surface area contributed by atoms with E-state index in [1.807, 2.05) is 48.5 Å². The number of anilines is 2. The lowest BCUT2D eigenvalue weighted by Crippen LogP contribution is -2.39. The molecule has 0 spiro atoms. The minimum absolute atomic E-state index is 0.0327. The second kappa shape index (κ2) is 9.80. The number of hydrogen-bond donors (Lipinski definition) is 1. The molecule has 0 bridgehead atoms. The van der Waals surface area contributed by atoms with E-state index in [9.17, 15) is 9.59 Å². The van der Waals surface area contributed by atoms with Crippen molar-refractivity contribution in [1.82, 2.24) is 0 Å². The first-order valence-corrected chi connectivity index (χ1v) is 9.30. The summed E-state index contributed by atoms with van der Waals surface area (Å²) in [6.07, 6.45) is 0. The molecular formula is C22H24N2O6. The maximum atomic E-state index is 12.5. The van der Waals surface area contributed by atoms with E-state index >= 15 is 0 Å². The third-order valence-electron chi connectivity index (χ3n) is 4.67. The van der Waals surface area contributed by atoms with Gasteiger partial charge in [0.05, 0.1) is 44.9 Å². The van der Waals surface area contributed by atoms with Crippen LogP contribution in [0.1, 0.15) is 5.56 Å². The highest BCUT2D eigenvalue weighted by molar-refractivity contribution is 6.04. The Morgan fingerprint density at radius 3 is 2.37 bits per heavy atom. The predicted molar refractivity (Wildman–Crippen MR) is 111 cm³/mol. The van der Waals surface area contributed by atoms with Gasteiger partial charge in [-0.15, -0.1) is 0 Å². The van der Waals surface area contributed by atoms with Crippen LogP contribution in [0.5, 0.6) is 5.75 Å². The van der Waals surface area contributed by atoms with Gasteiger partial charge in [0.25, 0.3) is 0 Å². The molecule has 0 radical (unpaired) electrons. The monoisotopic (exact) mass is 412 g/mol. The van der Waals surface area contributed by atoms with Crippen LogP contribution in [0.3, 0.4) is 0 Å². The first kappa shape index (κ1) is 21.2. The van der Waals surface area contributed by atoms with E-state index in [1.165, 1.54) is 14.2 Å². The number of benzene rings is 2. The molecule has 0 amide bonds. The fourth-order valence-corrected chi connectivity index (χ4v) is 3.13. The lowest BCUT2D eigenvalue weighted by atomic mass is 10.1. The summed E-state index contributed by atoms with van der Waals surface area (Å²) in [5.74, 6) is -0.486. The molecule has 8 heteroatoms. The lowest BCUT2D eigenvalue weighted by molar-refractivity contribution is -0.140. The maximum Gasteiger partial charge on any atom is 0.355 e. The van der Waals surface area contributed by atoms with E-state index in [1.54, 1.807) is 12.0 Å². The number of para-hydroxylation sites is 2. The second-order valence-corrected chi connectivity index (χ2v) is 6.43. The third kappa shape index (κ3) is 4.55. The third-order valence-corrected chi connectivity index (χ3v) is 4.67. The maximum absolute atomic E-state index is 12.5. The standard InChI is InChI=1S/C22H24N2O6/c1-27-16-10-8-15(9-11-16)12-23-18-6-4-5-7-19(18)24-14-30-13-17(21(25)28-2)20(24)22(26)29-3/h4-11,23H,12-14H2,1-3H3. The largest absolute Gasteiger partial charge is 0.497 e. The van der Waals surface area contributed by atoms with Gasteiger partial charge in [-0.25, -0.2) is 9.59 Å². The number of ether oxygens (including phenoxy) is 4. The minimum Gasteiger partial charge on any atom is -0.497 e. The molecular weight excluding hydrogens is 388 g/mol. The van der Waals surface area contributed by atoms with Crippen LogP contribution in [-0.2, 0) is 30.3 Å². The van der Waals surface area contributed by atoms with Crippen molar-refractivity contribution in [2.45, 2.75) is 6.54 Å². The van der Waals surface area contributed by atoms with Gasteiger partial charge in [0.15, 0.2) is 0 Å². The van der Waals surface area contributed by atoms with Gasteiger partial charge in [0.1, 0.15) is 18.2 Å². The molecule has 1 aliphatic rings. The molecule has 0 aromatic heterocycles. The number of methoxy groups -OCH3 is 3. The normalized spacial score (nSPS) is 13.6. The van der Waals surface area contributed by atoms with E-state index in [-0.39, 0.29) is 24.6 Å². The summed E-state index contributed by atoms with van der Waals surface area (Å²) in [6, 6.07) is 15.2. The van der Waals surface area contributed by atoms with Crippen LogP contribution < -0.4 is 15.0 Å². The van der Waals surface area contributed by atoms with Crippen molar-refractivity contribution >= 4 is 23.3 Å². The first-order valence-electron chi connectivity index (χ1n) is 9.30. The topological polar surface area (TPSA) is 86.3 Å². The Labute approximate surface area is 175 Å². The number of nitrogens with zero attached hydrogens (tertiary/aromatic N) is 1. The predicted octanol–water partition coefficient (Wildman–Crippen LogP) is 2.70. The SMILES string of the molecule is COC(=O)C1=C(C(=O)OC)N(c2ccccc2NCc2ccc(OC)cc2)COC1. The summed E-state index contributed by atoms with van der Waals surface area (Å²) in [4.78, 5) is 26.3. The zero-order chi connectivity index (χ0) is 21.5. The summed E-state index contributed by atoms with van der Waals surface area (Å²) < 4.78 is 20.5. The molecule has 1 aliphatic heterocycles. The summed E-state index contributed by atoms with van der Waals surface area (Å²) in [6.45, 7) is 0.609. The van der Waals surface area contributed by atoms with Crippen LogP contribution in [0, 0.1) is 0 Å². The number of carbonyl (C=O) groups excluding carboxylic acids is 2. The molecule has 0 saturated heterocycles. The number of nitrogens with one attached hydrogen (secondary N) is 1.